The van der Waals surface area contributed by atoms with Crippen LogP contribution in [0.2, 0.25) is 5.02 Å². The van der Waals surface area contributed by atoms with Gasteiger partial charge in [0.25, 0.3) is 15.9 Å². The van der Waals surface area contributed by atoms with Crippen molar-refractivity contribution < 1.29 is 17.6 Å². The molecule has 3 aromatic rings. The number of sulfonamides is 1. The number of carbonyl (C=O) groups is 1. The third-order valence-electron chi connectivity index (χ3n) is 4.47. The Bertz CT molecular complexity index is 1180. The summed E-state index contributed by atoms with van der Waals surface area (Å²) in [5.74, 6) is -0.846. The van der Waals surface area contributed by atoms with E-state index >= 15 is 0 Å². The number of halogens is 2. The minimum Gasteiger partial charge on any atom is -0.346 e. The predicted molar refractivity (Wildman–Crippen MR) is 116 cm³/mol. The van der Waals surface area contributed by atoms with Gasteiger partial charge in [-0.1, -0.05) is 35.9 Å². The lowest BCUT2D eigenvalue weighted by Gasteiger charge is -2.15. The van der Waals surface area contributed by atoms with Gasteiger partial charge in [-0.3, -0.25) is 9.52 Å². The first-order valence-electron chi connectivity index (χ1n) is 9.11. The Morgan fingerprint density at radius 1 is 1.03 bits per heavy atom. The van der Waals surface area contributed by atoms with Gasteiger partial charge in [0.2, 0.25) is 0 Å². The molecule has 0 saturated heterocycles. The van der Waals surface area contributed by atoms with Crippen LogP contribution in [0.4, 0.5) is 10.1 Å². The van der Waals surface area contributed by atoms with Crippen LogP contribution in [-0.2, 0) is 10.0 Å². The molecule has 0 aromatic heterocycles. The van der Waals surface area contributed by atoms with Gasteiger partial charge in [-0.25, -0.2) is 12.8 Å². The summed E-state index contributed by atoms with van der Waals surface area (Å²) in [5, 5.41) is 2.77. The number of rotatable bonds is 6. The van der Waals surface area contributed by atoms with Gasteiger partial charge in [0.05, 0.1) is 11.1 Å². The van der Waals surface area contributed by atoms with Crippen LogP contribution in [0.25, 0.3) is 0 Å². The first kappa shape index (κ1) is 21.8. The maximum absolute atomic E-state index is 13.1. The third kappa shape index (κ3) is 5.17. The zero-order valence-corrected chi connectivity index (χ0v) is 17.9. The van der Waals surface area contributed by atoms with Crippen molar-refractivity contribution in [2.45, 2.75) is 24.8 Å². The highest BCUT2D eigenvalue weighted by Gasteiger charge is 2.21. The fourth-order valence-corrected chi connectivity index (χ4v) is 4.46. The molecule has 2 N–H and O–H groups in total. The zero-order valence-electron chi connectivity index (χ0n) is 16.3. The molecule has 0 saturated carbocycles. The van der Waals surface area contributed by atoms with E-state index in [9.17, 15) is 17.6 Å². The van der Waals surface area contributed by atoms with Crippen molar-refractivity contribution in [3.63, 3.8) is 0 Å². The Morgan fingerprint density at radius 3 is 2.40 bits per heavy atom. The summed E-state index contributed by atoms with van der Waals surface area (Å²) in [6, 6.07) is 16.3. The Hall–Kier alpha value is -2.90. The quantitative estimate of drug-likeness (QED) is 0.554. The fourth-order valence-electron chi connectivity index (χ4n) is 2.88. The van der Waals surface area contributed by atoms with Gasteiger partial charge in [0, 0.05) is 11.3 Å². The van der Waals surface area contributed by atoms with E-state index < -0.39 is 22.0 Å². The highest BCUT2D eigenvalue weighted by molar-refractivity contribution is 7.92. The van der Waals surface area contributed by atoms with E-state index in [4.69, 9.17) is 11.6 Å². The molecule has 0 fully saturated rings. The molecule has 3 aromatic carbocycles. The number of hydrogen-bond donors (Lipinski definition) is 2. The van der Waals surface area contributed by atoms with Crippen LogP contribution in [0.1, 0.15) is 34.5 Å². The average molecular weight is 447 g/mol. The van der Waals surface area contributed by atoms with Crippen LogP contribution < -0.4 is 10.0 Å². The van der Waals surface area contributed by atoms with E-state index in [1.807, 2.05) is 13.0 Å². The second-order valence-corrected chi connectivity index (χ2v) is 8.92. The van der Waals surface area contributed by atoms with Crippen molar-refractivity contribution in [2.75, 3.05) is 4.72 Å². The lowest BCUT2D eigenvalue weighted by molar-refractivity contribution is 0.0939. The molecule has 1 amide bonds. The molecule has 0 spiro atoms. The minimum atomic E-state index is -4.01. The molecule has 0 heterocycles. The molecule has 156 valence electrons. The molecule has 0 unspecified atom stereocenters. The van der Waals surface area contributed by atoms with Crippen molar-refractivity contribution >= 4 is 33.2 Å². The molecule has 5 nitrogen and oxygen atoms in total. The summed E-state index contributed by atoms with van der Waals surface area (Å²) in [6.45, 7) is 3.59. The highest BCUT2D eigenvalue weighted by atomic mass is 35.5. The first-order chi connectivity index (χ1) is 14.2. The van der Waals surface area contributed by atoms with Crippen molar-refractivity contribution in [3.05, 3.63) is 94.3 Å². The summed E-state index contributed by atoms with van der Waals surface area (Å²) >= 11 is 6.11. The van der Waals surface area contributed by atoms with Crippen molar-refractivity contribution in [3.8, 4) is 0 Å². The van der Waals surface area contributed by atoms with E-state index in [0.29, 0.717) is 11.3 Å². The van der Waals surface area contributed by atoms with Crippen LogP contribution >= 0.6 is 11.6 Å². The van der Waals surface area contributed by atoms with Gasteiger partial charge in [-0.15, -0.1) is 0 Å². The van der Waals surface area contributed by atoms with E-state index in [2.05, 4.69) is 10.0 Å². The number of anilines is 1. The largest absolute Gasteiger partial charge is 0.346 e. The fraction of sp³-hybridized carbons (Fsp3) is 0.136. The maximum atomic E-state index is 13.1. The standard InChI is InChI=1S/C22H20ClFN2O3S/c1-14-4-3-5-19(12-14)26-30(28,29)21-13-17(8-11-20(21)23)22(27)25-15(2)16-6-9-18(24)10-7-16/h3-13,15,26H,1-2H3,(H,25,27)/t15-/m1/s1. The molecular weight excluding hydrogens is 427 g/mol. The molecule has 0 aliphatic rings. The SMILES string of the molecule is Cc1cccc(NS(=O)(=O)c2cc(C(=O)N[C@H](C)c3ccc(F)cc3)ccc2Cl)c1. The lowest BCUT2D eigenvalue weighted by Crippen LogP contribution is -2.27. The average Bonchev–Trinajstić information content (AvgIpc) is 2.68. The van der Waals surface area contributed by atoms with Crippen molar-refractivity contribution in [1.29, 1.82) is 0 Å². The second kappa shape index (κ2) is 8.85. The van der Waals surface area contributed by atoms with Crippen LogP contribution in [0.5, 0.6) is 0 Å². The normalized spacial score (nSPS) is 12.3. The van der Waals surface area contributed by atoms with Gasteiger partial charge in [-0.05, 0) is 67.4 Å². The van der Waals surface area contributed by atoms with Crippen molar-refractivity contribution in [1.82, 2.24) is 5.32 Å². The zero-order chi connectivity index (χ0) is 21.9. The topological polar surface area (TPSA) is 75.3 Å². The number of hydrogen-bond acceptors (Lipinski definition) is 3. The molecule has 0 aliphatic heterocycles. The summed E-state index contributed by atoms with van der Waals surface area (Å²) in [7, 11) is -4.01. The second-order valence-electron chi connectivity index (χ2n) is 6.87. The van der Waals surface area contributed by atoms with Gasteiger partial charge >= 0.3 is 0 Å². The van der Waals surface area contributed by atoms with E-state index in [1.54, 1.807) is 37.3 Å². The number of benzene rings is 3. The molecule has 0 bridgehead atoms. The third-order valence-corrected chi connectivity index (χ3v) is 6.33. The van der Waals surface area contributed by atoms with Gasteiger partial charge in [0.15, 0.2) is 0 Å². The molecule has 1 atom stereocenters. The molecule has 0 radical (unpaired) electrons. The molecular formula is C22H20ClFN2O3S. The van der Waals surface area contributed by atoms with Gasteiger partial charge in [-0.2, -0.15) is 0 Å². The number of aryl methyl sites for hydroxylation is 1. The van der Waals surface area contributed by atoms with Crippen LogP contribution in [0, 0.1) is 12.7 Å². The van der Waals surface area contributed by atoms with E-state index in [-0.39, 0.29) is 21.3 Å². The Balaban J connectivity index is 1.83. The monoisotopic (exact) mass is 446 g/mol. The molecule has 0 aliphatic carbocycles. The van der Waals surface area contributed by atoms with E-state index in [1.165, 1.54) is 30.3 Å². The summed E-state index contributed by atoms with van der Waals surface area (Å²) in [5.41, 5.74) is 2.14. The number of nitrogens with one attached hydrogen (secondary N) is 2. The number of amides is 1. The minimum absolute atomic E-state index is 0.00159. The Labute approximate surface area is 179 Å². The Kier molecular flexibility index (Phi) is 6.43. The Morgan fingerprint density at radius 2 is 1.73 bits per heavy atom. The predicted octanol–water partition coefficient (Wildman–Crippen LogP) is 5.08. The van der Waals surface area contributed by atoms with Crippen LogP contribution in [-0.4, -0.2) is 14.3 Å². The van der Waals surface area contributed by atoms with Crippen LogP contribution in [0.15, 0.2) is 71.6 Å². The van der Waals surface area contributed by atoms with Crippen molar-refractivity contribution in [2.24, 2.45) is 0 Å². The van der Waals surface area contributed by atoms with Crippen LogP contribution in [0.3, 0.4) is 0 Å². The lowest BCUT2D eigenvalue weighted by atomic mass is 10.1. The van der Waals surface area contributed by atoms with Gasteiger partial charge < -0.3 is 5.32 Å². The summed E-state index contributed by atoms with van der Waals surface area (Å²) in [6.07, 6.45) is 0. The smallest absolute Gasteiger partial charge is 0.263 e. The number of carbonyl (C=O) groups excluding carboxylic acids is 1. The first-order valence-corrected chi connectivity index (χ1v) is 11.0. The molecule has 8 heteroatoms. The molecule has 3 rings (SSSR count). The summed E-state index contributed by atoms with van der Waals surface area (Å²) < 4.78 is 41.2. The van der Waals surface area contributed by atoms with E-state index in [0.717, 1.165) is 5.56 Å². The highest BCUT2D eigenvalue weighted by Crippen LogP contribution is 2.26. The molecule has 30 heavy (non-hydrogen) atoms. The van der Waals surface area contributed by atoms with Gasteiger partial charge in [0.1, 0.15) is 10.7 Å². The maximum Gasteiger partial charge on any atom is 0.263 e. The summed E-state index contributed by atoms with van der Waals surface area (Å²) in [4.78, 5) is 12.4.